The van der Waals surface area contributed by atoms with Crippen LogP contribution < -0.4 is 5.32 Å². The molecule has 14 heavy (non-hydrogen) atoms. The van der Waals surface area contributed by atoms with Crippen LogP contribution in [0.5, 0.6) is 0 Å². The average Bonchev–Trinajstić information content (AvgIpc) is 2.46. The van der Waals surface area contributed by atoms with Gasteiger partial charge in [-0.25, -0.2) is 0 Å². The summed E-state index contributed by atoms with van der Waals surface area (Å²) in [5, 5.41) is 3.33. The van der Waals surface area contributed by atoms with E-state index in [9.17, 15) is 4.79 Å². The molecule has 1 amide bonds. The first-order chi connectivity index (χ1) is 6.65. The van der Waals surface area contributed by atoms with Crippen LogP contribution in [-0.4, -0.2) is 29.1 Å². The van der Waals surface area contributed by atoms with Crippen molar-refractivity contribution in [1.82, 2.24) is 10.2 Å². The molecule has 1 aliphatic rings. The predicted molar refractivity (Wildman–Crippen MR) is 57.9 cm³/mol. The van der Waals surface area contributed by atoms with Crippen molar-refractivity contribution < 1.29 is 4.79 Å². The summed E-state index contributed by atoms with van der Waals surface area (Å²) < 4.78 is 0. The van der Waals surface area contributed by atoms with Crippen molar-refractivity contribution in [3.05, 3.63) is 0 Å². The van der Waals surface area contributed by atoms with E-state index in [4.69, 9.17) is 0 Å². The van der Waals surface area contributed by atoms with Crippen molar-refractivity contribution in [2.45, 2.75) is 65.2 Å². The lowest BCUT2D eigenvalue weighted by molar-refractivity contribution is -0.132. The zero-order chi connectivity index (χ0) is 10.7. The summed E-state index contributed by atoms with van der Waals surface area (Å²) in [6.45, 7) is 8.42. The first-order valence-electron chi connectivity index (χ1n) is 5.73. The van der Waals surface area contributed by atoms with Gasteiger partial charge in [-0.15, -0.1) is 0 Å². The van der Waals surface area contributed by atoms with Crippen molar-refractivity contribution in [3.8, 4) is 0 Å². The molecule has 2 atom stereocenters. The van der Waals surface area contributed by atoms with Gasteiger partial charge in [-0.05, 0) is 26.2 Å². The molecule has 82 valence electrons. The van der Waals surface area contributed by atoms with Gasteiger partial charge in [-0.1, -0.05) is 20.8 Å². The van der Waals surface area contributed by atoms with E-state index in [2.05, 4.69) is 33.0 Å². The summed E-state index contributed by atoms with van der Waals surface area (Å²) >= 11 is 0. The molecule has 1 saturated heterocycles. The van der Waals surface area contributed by atoms with Crippen LogP contribution in [0.2, 0.25) is 0 Å². The third-order valence-corrected chi connectivity index (χ3v) is 3.16. The molecule has 0 bridgehead atoms. The second kappa shape index (κ2) is 4.78. The maximum atomic E-state index is 12.0. The van der Waals surface area contributed by atoms with Crippen molar-refractivity contribution in [2.24, 2.45) is 0 Å². The van der Waals surface area contributed by atoms with Crippen molar-refractivity contribution in [3.63, 3.8) is 0 Å². The second-order valence-corrected chi connectivity index (χ2v) is 4.02. The number of carbonyl (C=O) groups excluding carboxylic acids is 1. The number of rotatable bonds is 4. The fraction of sp³-hybridized carbons (Fsp3) is 0.909. The molecule has 0 aromatic rings. The van der Waals surface area contributed by atoms with Gasteiger partial charge in [0.05, 0.1) is 12.2 Å². The molecular formula is C11H22N2O. The standard InChI is InChI=1S/C11H22N2O/c1-5-9(6-2)13-8(4)12-10(7-3)11(13)14/h8-10,12H,5-7H2,1-4H3. The van der Waals surface area contributed by atoms with Gasteiger partial charge in [0.25, 0.3) is 0 Å². The molecule has 0 spiro atoms. The fourth-order valence-corrected chi connectivity index (χ4v) is 2.28. The highest BCUT2D eigenvalue weighted by molar-refractivity contribution is 5.84. The maximum absolute atomic E-state index is 12.0. The summed E-state index contributed by atoms with van der Waals surface area (Å²) in [5.41, 5.74) is 0. The Morgan fingerprint density at radius 1 is 1.36 bits per heavy atom. The smallest absolute Gasteiger partial charge is 0.241 e. The number of hydrogen-bond donors (Lipinski definition) is 1. The first kappa shape index (κ1) is 11.5. The van der Waals surface area contributed by atoms with E-state index in [1.807, 2.05) is 4.90 Å². The highest BCUT2D eigenvalue weighted by atomic mass is 16.2. The average molecular weight is 198 g/mol. The van der Waals surface area contributed by atoms with Crippen LogP contribution in [0.25, 0.3) is 0 Å². The van der Waals surface area contributed by atoms with Crippen LogP contribution in [0, 0.1) is 0 Å². The largest absolute Gasteiger partial charge is 0.323 e. The number of nitrogens with zero attached hydrogens (tertiary/aromatic N) is 1. The first-order valence-corrected chi connectivity index (χ1v) is 5.73. The molecule has 1 rings (SSSR count). The number of nitrogens with one attached hydrogen (secondary N) is 1. The molecule has 0 aromatic heterocycles. The SMILES string of the molecule is CCC1NC(C)N(C(CC)CC)C1=O. The van der Waals surface area contributed by atoms with E-state index in [1.165, 1.54) is 0 Å². The number of amides is 1. The Morgan fingerprint density at radius 3 is 2.29 bits per heavy atom. The van der Waals surface area contributed by atoms with Crippen molar-refractivity contribution in [2.75, 3.05) is 0 Å². The quantitative estimate of drug-likeness (QED) is 0.746. The Kier molecular flexibility index (Phi) is 3.93. The van der Waals surface area contributed by atoms with Gasteiger partial charge in [0.15, 0.2) is 0 Å². The van der Waals surface area contributed by atoms with E-state index < -0.39 is 0 Å². The second-order valence-electron chi connectivity index (χ2n) is 4.02. The van der Waals surface area contributed by atoms with E-state index in [0.717, 1.165) is 19.3 Å². The minimum Gasteiger partial charge on any atom is -0.323 e. The zero-order valence-corrected chi connectivity index (χ0v) is 9.71. The summed E-state index contributed by atoms with van der Waals surface area (Å²) in [7, 11) is 0. The van der Waals surface area contributed by atoms with Gasteiger partial charge in [-0.2, -0.15) is 0 Å². The van der Waals surface area contributed by atoms with Gasteiger partial charge in [0.1, 0.15) is 0 Å². The topological polar surface area (TPSA) is 32.3 Å². The molecule has 0 saturated carbocycles. The maximum Gasteiger partial charge on any atom is 0.241 e. The van der Waals surface area contributed by atoms with Gasteiger partial charge < -0.3 is 4.90 Å². The molecule has 1 N–H and O–H groups in total. The lowest BCUT2D eigenvalue weighted by Gasteiger charge is -2.29. The molecule has 1 heterocycles. The van der Waals surface area contributed by atoms with Crippen LogP contribution in [0.15, 0.2) is 0 Å². The van der Waals surface area contributed by atoms with E-state index >= 15 is 0 Å². The van der Waals surface area contributed by atoms with Crippen LogP contribution in [-0.2, 0) is 4.79 Å². The zero-order valence-electron chi connectivity index (χ0n) is 9.71. The highest BCUT2D eigenvalue weighted by Crippen LogP contribution is 2.19. The van der Waals surface area contributed by atoms with Crippen molar-refractivity contribution in [1.29, 1.82) is 0 Å². The Balaban J connectivity index is 2.73. The van der Waals surface area contributed by atoms with Gasteiger partial charge in [0, 0.05) is 6.04 Å². The van der Waals surface area contributed by atoms with Crippen LogP contribution in [0.3, 0.4) is 0 Å². The fourth-order valence-electron chi connectivity index (χ4n) is 2.28. The van der Waals surface area contributed by atoms with Crippen LogP contribution in [0.1, 0.15) is 47.0 Å². The van der Waals surface area contributed by atoms with Gasteiger partial charge >= 0.3 is 0 Å². The molecule has 0 radical (unpaired) electrons. The van der Waals surface area contributed by atoms with Crippen molar-refractivity contribution >= 4 is 5.91 Å². The van der Waals surface area contributed by atoms with E-state index in [1.54, 1.807) is 0 Å². The predicted octanol–water partition coefficient (Wildman–Crippen LogP) is 1.73. The Bertz CT molecular complexity index is 201. The highest BCUT2D eigenvalue weighted by Gasteiger charge is 2.37. The lowest BCUT2D eigenvalue weighted by Crippen LogP contribution is -2.42. The Labute approximate surface area is 86.9 Å². The summed E-state index contributed by atoms with van der Waals surface area (Å²) in [4.78, 5) is 14.0. The molecular weight excluding hydrogens is 176 g/mol. The monoisotopic (exact) mass is 198 g/mol. The summed E-state index contributed by atoms with van der Waals surface area (Å²) in [6.07, 6.45) is 3.19. The molecule has 0 aromatic carbocycles. The Hall–Kier alpha value is -0.570. The molecule has 3 nitrogen and oxygen atoms in total. The molecule has 2 unspecified atom stereocenters. The normalized spacial score (nSPS) is 27.8. The lowest BCUT2D eigenvalue weighted by atomic mass is 10.1. The minimum atomic E-state index is 0.0469. The third kappa shape index (κ3) is 1.92. The molecule has 1 aliphatic heterocycles. The minimum absolute atomic E-state index is 0.0469. The van der Waals surface area contributed by atoms with Crippen LogP contribution in [0.4, 0.5) is 0 Å². The summed E-state index contributed by atoms with van der Waals surface area (Å²) in [6, 6.07) is 0.451. The molecule has 0 aliphatic carbocycles. The summed E-state index contributed by atoms with van der Waals surface area (Å²) in [5.74, 6) is 0.286. The molecule has 1 fully saturated rings. The van der Waals surface area contributed by atoms with Crippen LogP contribution >= 0.6 is 0 Å². The number of hydrogen-bond acceptors (Lipinski definition) is 2. The third-order valence-electron chi connectivity index (χ3n) is 3.16. The van der Waals surface area contributed by atoms with E-state index in [0.29, 0.717) is 6.04 Å². The van der Waals surface area contributed by atoms with Gasteiger partial charge in [0.2, 0.25) is 5.91 Å². The molecule has 3 heteroatoms. The van der Waals surface area contributed by atoms with E-state index in [-0.39, 0.29) is 18.1 Å². The number of carbonyl (C=O) groups is 1. The Morgan fingerprint density at radius 2 is 1.93 bits per heavy atom. The van der Waals surface area contributed by atoms with Gasteiger partial charge in [-0.3, -0.25) is 10.1 Å².